The molecule has 0 spiro atoms. The van der Waals surface area contributed by atoms with Crippen molar-refractivity contribution in [3.63, 3.8) is 0 Å². The molecule has 0 aromatic rings. The second kappa shape index (κ2) is 5.89. The fraction of sp³-hybridized carbons (Fsp3) is 0.909. The van der Waals surface area contributed by atoms with E-state index in [4.69, 9.17) is 4.74 Å². The molecule has 2 rings (SSSR count). The van der Waals surface area contributed by atoms with Crippen LogP contribution in [-0.4, -0.2) is 60.7 Å². The maximum Gasteiger partial charge on any atom is 0.240 e. The Labute approximate surface area is 101 Å². The van der Waals surface area contributed by atoms with Crippen LogP contribution in [0.3, 0.4) is 0 Å². The smallest absolute Gasteiger partial charge is 0.240 e. The number of amides is 1. The summed E-state index contributed by atoms with van der Waals surface area (Å²) in [5, 5.41) is 3.30. The molecular weight excluding hydrogens is 224 g/mol. The molecule has 2 aliphatic rings. The predicted molar refractivity (Wildman–Crippen MR) is 65.7 cm³/mol. The van der Waals surface area contributed by atoms with Crippen LogP contribution in [-0.2, 0) is 9.53 Å². The highest BCUT2D eigenvalue weighted by Crippen LogP contribution is 2.13. The fourth-order valence-corrected chi connectivity index (χ4v) is 3.04. The highest BCUT2D eigenvalue weighted by Gasteiger charge is 2.29. The molecule has 0 radical (unpaired) electrons. The maximum absolute atomic E-state index is 12.2. The Morgan fingerprint density at radius 3 is 3.19 bits per heavy atom. The van der Waals surface area contributed by atoms with Gasteiger partial charge in [-0.25, -0.2) is 0 Å². The molecule has 16 heavy (non-hydrogen) atoms. The van der Waals surface area contributed by atoms with Crippen molar-refractivity contribution < 1.29 is 9.53 Å². The van der Waals surface area contributed by atoms with E-state index in [-0.39, 0.29) is 18.1 Å². The molecule has 0 aromatic carbocycles. The molecule has 92 valence electrons. The van der Waals surface area contributed by atoms with Gasteiger partial charge < -0.3 is 15.0 Å². The third-order valence-electron chi connectivity index (χ3n) is 3.13. The first kappa shape index (κ1) is 12.2. The van der Waals surface area contributed by atoms with Crippen LogP contribution in [0, 0.1) is 0 Å². The zero-order chi connectivity index (χ0) is 11.4. The van der Waals surface area contributed by atoms with E-state index in [9.17, 15) is 4.79 Å². The van der Waals surface area contributed by atoms with Crippen molar-refractivity contribution in [1.82, 2.24) is 10.2 Å². The van der Waals surface area contributed by atoms with Gasteiger partial charge in [0.2, 0.25) is 5.91 Å². The molecule has 2 heterocycles. The lowest BCUT2D eigenvalue weighted by Gasteiger charge is -2.35. The molecule has 0 saturated carbocycles. The van der Waals surface area contributed by atoms with E-state index >= 15 is 0 Å². The van der Waals surface area contributed by atoms with E-state index in [1.807, 2.05) is 16.7 Å². The average molecular weight is 244 g/mol. The van der Waals surface area contributed by atoms with E-state index < -0.39 is 0 Å². The van der Waals surface area contributed by atoms with Gasteiger partial charge in [0.1, 0.15) is 0 Å². The highest BCUT2D eigenvalue weighted by molar-refractivity contribution is 7.99. The molecule has 2 saturated heterocycles. The van der Waals surface area contributed by atoms with Crippen molar-refractivity contribution in [2.45, 2.75) is 25.5 Å². The van der Waals surface area contributed by atoms with E-state index in [1.54, 1.807) is 0 Å². The minimum Gasteiger partial charge on any atom is -0.375 e. The minimum atomic E-state index is 0.0226. The van der Waals surface area contributed by atoms with Crippen LogP contribution in [0.5, 0.6) is 0 Å². The third-order valence-corrected chi connectivity index (χ3v) is 4.19. The third kappa shape index (κ3) is 2.90. The van der Waals surface area contributed by atoms with Gasteiger partial charge in [-0.15, -0.1) is 0 Å². The molecule has 2 fully saturated rings. The Kier molecular flexibility index (Phi) is 4.49. The summed E-state index contributed by atoms with van der Waals surface area (Å²) in [6.45, 7) is 5.25. The first-order valence-electron chi connectivity index (χ1n) is 6.02. The van der Waals surface area contributed by atoms with Gasteiger partial charge in [0, 0.05) is 31.1 Å². The largest absolute Gasteiger partial charge is 0.375 e. The van der Waals surface area contributed by atoms with Crippen molar-refractivity contribution in [3.8, 4) is 0 Å². The summed E-state index contributed by atoms with van der Waals surface area (Å²) < 4.78 is 5.58. The zero-order valence-corrected chi connectivity index (χ0v) is 10.6. The molecule has 0 bridgehead atoms. The van der Waals surface area contributed by atoms with Crippen molar-refractivity contribution in [2.75, 3.05) is 37.7 Å². The van der Waals surface area contributed by atoms with Gasteiger partial charge in [-0.2, -0.15) is 11.8 Å². The molecule has 1 amide bonds. The number of hydrogen-bond acceptors (Lipinski definition) is 4. The molecule has 4 nitrogen and oxygen atoms in total. The normalized spacial score (nSPS) is 31.4. The quantitative estimate of drug-likeness (QED) is 0.760. The van der Waals surface area contributed by atoms with Crippen LogP contribution in [0.25, 0.3) is 0 Å². The maximum atomic E-state index is 12.2. The van der Waals surface area contributed by atoms with Gasteiger partial charge in [0.05, 0.1) is 18.8 Å². The number of nitrogens with zero attached hydrogens (tertiary/aromatic N) is 1. The number of rotatable bonds is 2. The van der Waals surface area contributed by atoms with Gasteiger partial charge >= 0.3 is 0 Å². The lowest BCUT2D eigenvalue weighted by atomic mass is 10.2. The number of morpholine rings is 1. The lowest BCUT2D eigenvalue weighted by Crippen LogP contribution is -2.54. The molecule has 1 N–H and O–H groups in total. The zero-order valence-electron chi connectivity index (χ0n) is 9.78. The number of nitrogens with one attached hydrogen (secondary N) is 1. The van der Waals surface area contributed by atoms with Gasteiger partial charge in [-0.1, -0.05) is 6.92 Å². The summed E-state index contributed by atoms with van der Waals surface area (Å²) in [5.74, 6) is 2.28. The number of hydrogen-bond donors (Lipinski definition) is 1. The summed E-state index contributed by atoms with van der Waals surface area (Å²) in [6, 6.07) is 0.0226. The SMILES string of the molecule is CCC1CN(C(=O)C2CSCCN2)CCO1. The first-order chi connectivity index (χ1) is 7.81. The Balaban J connectivity index is 1.87. The summed E-state index contributed by atoms with van der Waals surface area (Å²) in [6.07, 6.45) is 1.21. The molecule has 2 unspecified atom stereocenters. The van der Waals surface area contributed by atoms with Crippen LogP contribution in [0.2, 0.25) is 0 Å². The Hall–Kier alpha value is -0.260. The Morgan fingerprint density at radius 2 is 2.50 bits per heavy atom. The summed E-state index contributed by atoms with van der Waals surface area (Å²) in [7, 11) is 0. The molecule has 5 heteroatoms. The van der Waals surface area contributed by atoms with E-state index in [0.717, 1.165) is 37.6 Å². The van der Waals surface area contributed by atoms with E-state index in [1.165, 1.54) is 0 Å². The molecule has 0 aromatic heterocycles. The van der Waals surface area contributed by atoms with Crippen molar-refractivity contribution in [3.05, 3.63) is 0 Å². The second-order valence-corrected chi connectivity index (χ2v) is 5.42. The molecular formula is C11H20N2O2S. The Bertz CT molecular complexity index is 244. The average Bonchev–Trinajstić information content (AvgIpc) is 2.39. The number of ether oxygens (including phenoxy) is 1. The minimum absolute atomic E-state index is 0.0226. The van der Waals surface area contributed by atoms with Crippen LogP contribution >= 0.6 is 11.8 Å². The van der Waals surface area contributed by atoms with Crippen LogP contribution in [0.1, 0.15) is 13.3 Å². The van der Waals surface area contributed by atoms with Crippen LogP contribution < -0.4 is 5.32 Å². The molecule has 0 aliphatic carbocycles. The monoisotopic (exact) mass is 244 g/mol. The Morgan fingerprint density at radius 1 is 1.62 bits per heavy atom. The van der Waals surface area contributed by atoms with E-state index in [2.05, 4.69) is 12.2 Å². The van der Waals surface area contributed by atoms with Crippen molar-refractivity contribution in [2.24, 2.45) is 0 Å². The van der Waals surface area contributed by atoms with Gasteiger partial charge in [-0.3, -0.25) is 4.79 Å². The van der Waals surface area contributed by atoms with Crippen molar-refractivity contribution in [1.29, 1.82) is 0 Å². The van der Waals surface area contributed by atoms with Crippen LogP contribution in [0.4, 0.5) is 0 Å². The fourth-order valence-electron chi connectivity index (χ4n) is 2.11. The second-order valence-electron chi connectivity index (χ2n) is 4.27. The van der Waals surface area contributed by atoms with Gasteiger partial charge in [0.25, 0.3) is 0 Å². The van der Waals surface area contributed by atoms with E-state index in [0.29, 0.717) is 6.61 Å². The summed E-state index contributed by atoms with van der Waals surface area (Å²) in [5.41, 5.74) is 0. The number of carbonyl (C=O) groups is 1. The van der Waals surface area contributed by atoms with Gasteiger partial charge in [0.15, 0.2) is 0 Å². The first-order valence-corrected chi connectivity index (χ1v) is 7.18. The van der Waals surface area contributed by atoms with Gasteiger partial charge in [-0.05, 0) is 6.42 Å². The summed E-state index contributed by atoms with van der Waals surface area (Å²) in [4.78, 5) is 14.2. The predicted octanol–water partition coefficient (Wildman–Crippen LogP) is 0.329. The molecule has 2 atom stereocenters. The number of carbonyl (C=O) groups excluding carboxylic acids is 1. The highest BCUT2D eigenvalue weighted by atomic mass is 32.2. The number of thioether (sulfide) groups is 1. The van der Waals surface area contributed by atoms with Crippen molar-refractivity contribution >= 4 is 17.7 Å². The molecule has 2 aliphatic heterocycles. The lowest BCUT2D eigenvalue weighted by molar-refractivity contribution is -0.140. The standard InChI is InChI=1S/C11H20N2O2S/c1-2-9-7-13(4-5-15-9)11(14)10-8-16-6-3-12-10/h9-10,12H,2-8H2,1H3. The summed E-state index contributed by atoms with van der Waals surface area (Å²) >= 11 is 1.86. The topological polar surface area (TPSA) is 41.6 Å². The van der Waals surface area contributed by atoms with Crippen LogP contribution in [0.15, 0.2) is 0 Å².